The average molecular weight is 360 g/mol. The van der Waals surface area contributed by atoms with Crippen molar-refractivity contribution in [2.24, 2.45) is 7.05 Å². The summed E-state index contributed by atoms with van der Waals surface area (Å²) in [5, 5.41) is 2.52. The minimum absolute atomic E-state index is 0.0800. The molecule has 4 aromatic rings. The van der Waals surface area contributed by atoms with E-state index in [0.717, 1.165) is 33.5 Å². The number of ether oxygens (including phenoxy) is 2. The van der Waals surface area contributed by atoms with Crippen molar-refractivity contribution in [3.63, 3.8) is 0 Å². The Hall–Kier alpha value is -3.47. The van der Waals surface area contributed by atoms with Crippen LogP contribution in [-0.4, -0.2) is 13.1 Å². The lowest BCUT2D eigenvalue weighted by Gasteiger charge is -2.20. The van der Waals surface area contributed by atoms with Gasteiger partial charge in [0.2, 0.25) is 17.0 Å². The first-order valence-corrected chi connectivity index (χ1v) is 8.54. The number of aryl methyl sites for hydroxylation is 1. The fraction of sp³-hybridized carbons (Fsp3) is 0.0909. The van der Waals surface area contributed by atoms with E-state index in [9.17, 15) is 4.79 Å². The van der Waals surface area contributed by atoms with Crippen LogP contribution >= 0.6 is 0 Å². The second-order valence-electron chi connectivity index (χ2n) is 6.50. The summed E-state index contributed by atoms with van der Waals surface area (Å²) in [4.78, 5) is 12.0. The Labute approximate surface area is 154 Å². The molecule has 2 heterocycles. The van der Waals surface area contributed by atoms with Gasteiger partial charge in [0.15, 0.2) is 0 Å². The molecular weight excluding hydrogens is 345 g/mol. The highest BCUT2D eigenvalue weighted by molar-refractivity contribution is 6.13. The Morgan fingerprint density at radius 2 is 1.78 bits per heavy atom. The topological polar surface area (TPSA) is 39.4 Å². The van der Waals surface area contributed by atoms with Crippen LogP contribution in [0.1, 0.15) is 10.4 Å². The van der Waals surface area contributed by atoms with E-state index in [-0.39, 0.29) is 5.56 Å². The molecule has 1 aliphatic rings. The third-order valence-corrected chi connectivity index (χ3v) is 5.11. The van der Waals surface area contributed by atoms with Crippen molar-refractivity contribution in [3.8, 4) is 22.8 Å². The number of halogens is 1. The summed E-state index contributed by atoms with van der Waals surface area (Å²) in [7, 11) is 3.05. The molecule has 0 saturated carbocycles. The first kappa shape index (κ1) is 15.8. The second-order valence-corrected chi connectivity index (χ2v) is 6.50. The van der Waals surface area contributed by atoms with Gasteiger partial charge >= 0.3 is 5.97 Å². The lowest BCUT2D eigenvalue weighted by atomic mass is 9.95. The molecule has 1 aromatic heterocycles. The molecule has 27 heavy (non-hydrogen) atoms. The summed E-state index contributed by atoms with van der Waals surface area (Å²) >= 11 is 0. The van der Waals surface area contributed by atoms with E-state index in [2.05, 4.69) is 0 Å². The molecule has 0 bridgehead atoms. The summed E-state index contributed by atoms with van der Waals surface area (Å²) in [5.41, 5.74) is 2.02. The van der Waals surface area contributed by atoms with Crippen LogP contribution in [0.2, 0.25) is 0 Å². The van der Waals surface area contributed by atoms with Crippen LogP contribution in [-0.2, 0) is 11.8 Å². The highest BCUT2D eigenvalue weighted by Gasteiger charge is 2.32. The number of pyridine rings is 1. The van der Waals surface area contributed by atoms with Gasteiger partial charge in [-0.2, -0.15) is 8.96 Å². The van der Waals surface area contributed by atoms with Crippen LogP contribution in [0.25, 0.3) is 32.9 Å². The SMILES string of the molecule is COC(=O)c1ccc2c3cccc4c3c([n+](C)c2c1F)-c1ccccc1O4. The minimum Gasteiger partial charge on any atom is -0.465 e. The fourth-order valence-corrected chi connectivity index (χ4v) is 3.93. The molecule has 0 aliphatic carbocycles. The Kier molecular flexibility index (Phi) is 3.22. The van der Waals surface area contributed by atoms with Crippen LogP contribution in [0.3, 0.4) is 0 Å². The van der Waals surface area contributed by atoms with Gasteiger partial charge in [-0.25, -0.2) is 4.79 Å². The quantitative estimate of drug-likeness (QED) is 0.251. The van der Waals surface area contributed by atoms with Gasteiger partial charge in [0.25, 0.3) is 0 Å². The van der Waals surface area contributed by atoms with E-state index in [1.54, 1.807) is 17.7 Å². The molecule has 0 saturated heterocycles. The fourth-order valence-electron chi connectivity index (χ4n) is 3.93. The number of carbonyl (C=O) groups excluding carboxylic acids is 1. The number of aromatic nitrogens is 1. The number of fused-ring (bicyclic) bond motifs is 4. The number of para-hydroxylation sites is 1. The van der Waals surface area contributed by atoms with Crippen LogP contribution < -0.4 is 9.30 Å². The number of carbonyl (C=O) groups is 1. The van der Waals surface area contributed by atoms with Gasteiger partial charge in [-0.15, -0.1) is 0 Å². The van der Waals surface area contributed by atoms with Crippen molar-refractivity contribution in [3.05, 3.63) is 66.0 Å². The number of esters is 1. The largest absolute Gasteiger partial charge is 0.465 e. The van der Waals surface area contributed by atoms with Gasteiger partial charge in [0, 0.05) is 5.39 Å². The number of methoxy groups -OCH3 is 1. The lowest BCUT2D eigenvalue weighted by molar-refractivity contribution is -0.633. The highest BCUT2D eigenvalue weighted by Crippen LogP contribution is 2.46. The summed E-state index contributed by atoms with van der Waals surface area (Å²) in [6.45, 7) is 0. The molecule has 0 unspecified atom stereocenters. The molecular formula is C22H15FNO3+. The summed E-state index contributed by atoms with van der Waals surface area (Å²) in [6.07, 6.45) is 0. The Balaban J connectivity index is 2.02. The van der Waals surface area contributed by atoms with E-state index >= 15 is 4.39 Å². The molecule has 5 heteroatoms. The number of hydrogen-bond donors (Lipinski definition) is 0. The van der Waals surface area contributed by atoms with Gasteiger partial charge in [0.1, 0.15) is 24.1 Å². The minimum atomic E-state index is -0.694. The maximum Gasteiger partial charge on any atom is 0.341 e. The smallest absolute Gasteiger partial charge is 0.341 e. The highest BCUT2D eigenvalue weighted by atomic mass is 19.1. The zero-order valence-electron chi connectivity index (χ0n) is 14.7. The third-order valence-electron chi connectivity index (χ3n) is 5.11. The first-order valence-electron chi connectivity index (χ1n) is 8.54. The molecule has 0 N–H and O–H groups in total. The van der Waals surface area contributed by atoms with E-state index in [0.29, 0.717) is 10.9 Å². The van der Waals surface area contributed by atoms with E-state index in [1.807, 2.05) is 42.5 Å². The Bertz CT molecular complexity index is 1280. The molecule has 132 valence electrons. The van der Waals surface area contributed by atoms with Crippen molar-refractivity contribution in [2.75, 3.05) is 7.11 Å². The molecule has 0 atom stereocenters. The van der Waals surface area contributed by atoms with Crippen LogP contribution in [0.4, 0.5) is 4.39 Å². The predicted molar refractivity (Wildman–Crippen MR) is 99.4 cm³/mol. The third kappa shape index (κ3) is 2.02. The number of nitrogens with zero attached hydrogens (tertiary/aromatic N) is 1. The van der Waals surface area contributed by atoms with Gasteiger partial charge in [0.05, 0.1) is 23.4 Å². The van der Waals surface area contributed by atoms with Crippen molar-refractivity contribution in [2.45, 2.75) is 0 Å². The van der Waals surface area contributed by atoms with Gasteiger partial charge in [-0.05, 0) is 30.3 Å². The molecule has 4 nitrogen and oxygen atoms in total. The lowest BCUT2D eigenvalue weighted by Crippen LogP contribution is -2.34. The van der Waals surface area contributed by atoms with Gasteiger partial charge < -0.3 is 9.47 Å². The van der Waals surface area contributed by atoms with Crippen molar-refractivity contribution >= 4 is 27.6 Å². The molecule has 3 aromatic carbocycles. The molecule has 0 radical (unpaired) electrons. The number of benzene rings is 3. The molecule has 0 fully saturated rings. The zero-order chi connectivity index (χ0) is 18.7. The van der Waals surface area contributed by atoms with Crippen LogP contribution in [0.5, 0.6) is 11.5 Å². The molecule has 5 rings (SSSR count). The molecule has 1 aliphatic heterocycles. The van der Waals surface area contributed by atoms with Crippen molar-refractivity contribution in [1.82, 2.24) is 0 Å². The second kappa shape index (κ2) is 5.51. The standard InChI is InChI=1S/C22H15FNO3/c1-24-20-14-6-3-4-8-16(14)27-17-9-5-7-12(18(17)20)13-10-11-15(22(25)26-2)19(23)21(13)24/h3-11H,1-2H3/q+1. The maximum atomic E-state index is 15.4. The normalized spacial score (nSPS) is 12.0. The Morgan fingerprint density at radius 1 is 1.00 bits per heavy atom. The molecule has 0 amide bonds. The van der Waals surface area contributed by atoms with Crippen LogP contribution in [0, 0.1) is 5.82 Å². The monoisotopic (exact) mass is 360 g/mol. The maximum absolute atomic E-state index is 15.4. The van der Waals surface area contributed by atoms with Gasteiger partial charge in [-0.3, -0.25) is 0 Å². The summed E-state index contributed by atoms with van der Waals surface area (Å²) < 4.78 is 28.0. The summed E-state index contributed by atoms with van der Waals surface area (Å²) in [6, 6.07) is 16.6. The number of rotatable bonds is 1. The number of hydrogen-bond acceptors (Lipinski definition) is 3. The van der Waals surface area contributed by atoms with Crippen LogP contribution in [0.15, 0.2) is 54.6 Å². The summed E-state index contributed by atoms with van der Waals surface area (Å²) in [5.74, 6) is 0.170. The first-order chi connectivity index (χ1) is 13.1. The van der Waals surface area contributed by atoms with E-state index < -0.39 is 11.8 Å². The van der Waals surface area contributed by atoms with Gasteiger partial charge in [-0.1, -0.05) is 24.3 Å². The average Bonchev–Trinajstić information content (AvgIpc) is 2.70. The van der Waals surface area contributed by atoms with E-state index in [1.165, 1.54) is 13.2 Å². The Morgan fingerprint density at radius 3 is 2.59 bits per heavy atom. The van der Waals surface area contributed by atoms with Crippen molar-refractivity contribution in [1.29, 1.82) is 0 Å². The zero-order valence-corrected chi connectivity index (χ0v) is 14.7. The van der Waals surface area contributed by atoms with E-state index in [4.69, 9.17) is 9.47 Å². The molecule has 0 spiro atoms. The predicted octanol–water partition coefficient (Wildman–Crippen LogP) is 4.52. The van der Waals surface area contributed by atoms with Crippen molar-refractivity contribution < 1.29 is 23.2 Å².